The predicted octanol–water partition coefficient (Wildman–Crippen LogP) is 4.13. The second kappa shape index (κ2) is 5.77. The number of benzene rings is 2. The van der Waals surface area contributed by atoms with E-state index in [0.717, 1.165) is 12.1 Å². The molecule has 0 aromatic heterocycles. The van der Waals surface area contributed by atoms with Gasteiger partial charge in [-0.1, -0.05) is 0 Å². The van der Waals surface area contributed by atoms with Crippen LogP contribution in [0.5, 0.6) is 17.2 Å². The summed E-state index contributed by atoms with van der Waals surface area (Å²) in [4.78, 5) is 0. The molecule has 3 nitrogen and oxygen atoms in total. The third-order valence-electron chi connectivity index (χ3n) is 2.47. The summed E-state index contributed by atoms with van der Waals surface area (Å²) in [5.74, 6) is -0.670. The molecule has 0 heterocycles. The van der Waals surface area contributed by atoms with E-state index in [4.69, 9.17) is 15.2 Å². The van der Waals surface area contributed by atoms with Crippen LogP contribution in [-0.2, 0) is 0 Å². The van der Waals surface area contributed by atoms with E-state index in [-0.39, 0.29) is 11.9 Å². The summed E-state index contributed by atoms with van der Waals surface area (Å²) in [6.07, 6.45) is -0.0462. The highest BCUT2D eigenvalue weighted by Gasteiger charge is 2.09. The molecule has 0 aliphatic heterocycles. The molecule has 0 radical (unpaired) electrons. The summed E-state index contributed by atoms with van der Waals surface area (Å²) in [6.45, 7) is 3.74. The van der Waals surface area contributed by atoms with Crippen molar-refractivity contribution < 1.29 is 18.3 Å². The van der Waals surface area contributed by atoms with E-state index in [2.05, 4.69) is 0 Å². The second-order valence-electron chi connectivity index (χ2n) is 4.54. The number of nitrogen functional groups attached to an aromatic ring is 1. The summed E-state index contributed by atoms with van der Waals surface area (Å²) in [5, 5.41) is 0. The minimum atomic E-state index is -0.770. The van der Waals surface area contributed by atoms with Crippen LogP contribution in [0.1, 0.15) is 13.8 Å². The Morgan fingerprint density at radius 1 is 1.00 bits per heavy atom. The monoisotopic (exact) mass is 279 g/mol. The van der Waals surface area contributed by atoms with E-state index < -0.39 is 11.6 Å². The molecule has 0 saturated carbocycles. The summed E-state index contributed by atoms with van der Waals surface area (Å²) >= 11 is 0. The molecule has 0 atom stereocenters. The number of halogens is 2. The van der Waals surface area contributed by atoms with Crippen molar-refractivity contribution in [2.75, 3.05) is 5.73 Å². The van der Waals surface area contributed by atoms with Crippen LogP contribution in [0.3, 0.4) is 0 Å². The SMILES string of the molecule is CC(C)Oc1cc(Oc2ccc(F)cc2F)ccc1N. The van der Waals surface area contributed by atoms with Crippen LogP contribution in [0, 0.1) is 11.6 Å². The number of hydrogen-bond acceptors (Lipinski definition) is 3. The fourth-order valence-corrected chi connectivity index (χ4v) is 1.62. The summed E-state index contributed by atoms with van der Waals surface area (Å²) in [6, 6.07) is 7.88. The second-order valence-corrected chi connectivity index (χ2v) is 4.54. The molecule has 0 fully saturated rings. The molecule has 5 heteroatoms. The number of hydrogen-bond donors (Lipinski definition) is 1. The molecule has 0 unspecified atom stereocenters. The van der Waals surface area contributed by atoms with Gasteiger partial charge in [0.1, 0.15) is 17.3 Å². The van der Waals surface area contributed by atoms with Crippen molar-refractivity contribution in [1.82, 2.24) is 0 Å². The number of rotatable bonds is 4. The highest BCUT2D eigenvalue weighted by atomic mass is 19.1. The lowest BCUT2D eigenvalue weighted by atomic mass is 10.2. The molecule has 106 valence electrons. The molecule has 2 N–H and O–H groups in total. The lowest BCUT2D eigenvalue weighted by Crippen LogP contribution is -2.07. The molecule has 0 bridgehead atoms. The van der Waals surface area contributed by atoms with E-state index >= 15 is 0 Å². The smallest absolute Gasteiger partial charge is 0.168 e. The number of nitrogens with two attached hydrogens (primary N) is 1. The van der Waals surface area contributed by atoms with Gasteiger partial charge in [0.25, 0.3) is 0 Å². The summed E-state index contributed by atoms with van der Waals surface area (Å²) in [7, 11) is 0. The first-order valence-corrected chi connectivity index (χ1v) is 6.15. The molecule has 0 spiro atoms. The largest absolute Gasteiger partial charge is 0.489 e. The molecule has 0 aliphatic rings. The van der Waals surface area contributed by atoms with Gasteiger partial charge in [0.2, 0.25) is 0 Å². The van der Waals surface area contributed by atoms with Crippen LogP contribution in [-0.4, -0.2) is 6.10 Å². The molecule has 2 rings (SSSR count). The Balaban J connectivity index is 2.25. The zero-order chi connectivity index (χ0) is 14.7. The molecule has 2 aromatic carbocycles. The average Bonchev–Trinajstić information content (AvgIpc) is 2.36. The van der Waals surface area contributed by atoms with Crippen molar-refractivity contribution in [1.29, 1.82) is 0 Å². The Hall–Kier alpha value is -2.30. The zero-order valence-electron chi connectivity index (χ0n) is 11.2. The maximum atomic E-state index is 13.5. The van der Waals surface area contributed by atoms with Crippen LogP contribution in [0.25, 0.3) is 0 Å². The van der Waals surface area contributed by atoms with Crippen LogP contribution in [0.4, 0.5) is 14.5 Å². The van der Waals surface area contributed by atoms with Crippen molar-refractivity contribution in [3.05, 3.63) is 48.0 Å². The Kier molecular flexibility index (Phi) is 4.08. The normalized spacial score (nSPS) is 10.7. The van der Waals surface area contributed by atoms with Crippen molar-refractivity contribution in [2.45, 2.75) is 20.0 Å². The highest BCUT2D eigenvalue weighted by Crippen LogP contribution is 2.31. The highest BCUT2D eigenvalue weighted by molar-refractivity contribution is 5.56. The fourth-order valence-electron chi connectivity index (χ4n) is 1.62. The first-order chi connectivity index (χ1) is 9.45. The maximum absolute atomic E-state index is 13.5. The maximum Gasteiger partial charge on any atom is 0.168 e. The van der Waals surface area contributed by atoms with E-state index in [1.807, 2.05) is 13.8 Å². The lowest BCUT2D eigenvalue weighted by Gasteiger charge is -2.14. The predicted molar refractivity (Wildman–Crippen MR) is 73.1 cm³/mol. The van der Waals surface area contributed by atoms with Crippen molar-refractivity contribution in [3.8, 4) is 17.2 Å². The van der Waals surface area contributed by atoms with Crippen molar-refractivity contribution in [2.24, 2.45) is 0 Å². The van der Waals surface area contributed by atoms with Gasteiger partial charge in [-0.2, -0.15) is 0 Å². The molecule has 0 amide bonds. The molecule has 0 aliphatic carbocycles. The Morgan fingerprint density at radius 2 is 1.75 bits per heavy atom. The van der Waals surface area contributed by atoms with Crippen LogP contribution < -0.4 is 15.2 Å². The van der Waals surface area contributed by atoms with Gasteiger partial charge >= 0.3 is 0 Å². The number of ether oxygens (including phenoxy) is 2. The Morgan fingerprint density at radius 3 is 2.40 bits per heavy atom. The molecular weight excluding hydrogens is 264 g/mol. The summed E-state index contributed by atoms with van der Waals surface area (Å²) in [5.41, 5.74) is 6.24. The van der Waals surface area contributed by atoms with Gasteiger partial charge in [-0.3, -0.25) is 0 Å². The first-order valence-electron chi connectivity index (χ1n) is 6.15. The minimum absolute atomic E-state index is 0.0462. The first kappa shape index (κ1) is 14.1. The molecule has 20 heavy (non-hydrogen) atoms. The Labute approximate surface area is 115 Å². The van der Waals surface area contributed by atoms with E-state index in [0.29, 0.717) is 17.2 Å². The minimum Gasteiger partial charge on any atom is -0.489 e. The molecule has 2 aromatic rings. The summed E-state index contributed by atoms with van der Waals surface area (Å²) < 4.78 is 37.2. The van der Waals surface area contributed by atoms with Crippen LogP contribution >= 0.6 is 0 Å². The molecule has 0 saturated heterocycles. The van der Waals surface area contributed by atoms with Gasteiger partial charge < -0.3 is 15.2 Å². The van der Waals surface area contributed by atoms with E-state index in [9.17, 15) is 8.78 Å². The van der Waals surface area contributed by atoms with Gasteiger partial charge in [-0.15, -0.1) is 0 Å². The van der Waals surface area contributed by atoms with Crippen LogP contribution in [0.2, 0.25) is 0 Å². The average molecular weight is 279 g/mol. The molecular formula is C15H15F2NO2. The van der Waals surface area contributed by atoms with Gasteiger partial charge in [-0.25, -0.2) is 8.78 Å². The van der Waals surface area contributed by atoms with Gasteiger partial charge in [0.15, 0.2) is 11.6 Å². The third-order valence-corrected chi connectivity index (χ3v) is 2.47. The Bertz CT molecular complexity index is 615. The van der Waals surface area contributed by atoms with Crippen molar-refractivity contribution >= 4 is 5.69 Å². The van der Waals surface area contributed by atoms with Crippen LogP contribution in [0.15, 0.2) is 36.4 Å². The van der Waals surface area contributed by atoms with E-state index in [1.54, 1.807) is 18.2 Å². The van der Waals surface area contributed by atoms with Gasteiger partial charge in [-0.05, 0) is 38.1 Å². The zero-order valence-corrected chi connectivity index (χ0v) is 11.2. The fraction of sp³-hybridized carbons (Fsp3) is 0.200. The number of anilines is 1. The standard InChI is InChI=1S/C15H15F2NO2/c1-9(2)19-15-8-11(4-5-13(15)18)20-14-6-3-10(16)7-12(14)17/h3-9H,18H2,1-2H3. The topological polar surface area (TPSA) is 44.5 Å². The van der Waals surface area contributed by atoms with Gasteiger partial charge in [0.05, 0.1) is 11.8 Å². The lowest BCUT2D eigenvalue weighted by molar-refractivity contribution is 0.243. The third kappa shape index (κ3) is 3.38. The van der Waals surface area contributed by atoms with Gasteiger partial charge in [0, 0.05) is 12.1 Å². The van der Waals surface area contributed by atoms with E-state index in [1.165, 1.54) is 6.07 Å². The van der Waals surface area contributed by atoms with Crippen molar-refractivity contribution in [3.63, 3.8) is 0 Å². The quantitative estimate of drug-likeness (QED) is 0.856.